The Morgan fingerprint density at radius 1 is 0.972 bits per heavy atom. The van der Waals surface area contributed by atoms with Gasteiger partial charge in [-0.1, -0.05) is 42.5 Å². The van der Waals surface area contributed by atoms with Crippen molar-refractivity contribution < 1.29 is 19.5 Å². The Bertz CT molecular complexity index is 1340. The van der Waals surface area contributed by atoms with Crippen molar-refractivity contribution in [2.24, 2.45) is 0 Å². The van der Waals surface area contributed by atoms with Gasteiger partial charge in [-0.25, -0.2) is 4.98 Å². The zero-order chi connectivity index (χ0) is 25.3. The maximum absolute atomic E-state index is 12.6. The molecule has 0 fully saturated rings. The van der Waals surface area contributed by atoms with Crippen molar-refractivity contribution in [3.63, 3.8) is 0 Å². The van der Waals surface area contributed by atoms with Crippen LogP contribution in [0.2, 0.25) is 0 Å². The summed E-state index contributed by atoms with van der Waals surface area (Å²) in [6.07, 6.45) is 4.46. The number of carbonyl (C=O) groups is 3. The van der Waals surface area contributed by atoms with E-state index >= 15 is 0 Å². The molecule has 5 N–H and O–H groups in total. The summed E-state index contributed by atoms with van der Waals surface area (Å²) in [5, 5.41) is 17.5. The minimum atomic E-state index is -1.06. The lowest BCUT2D eigenvalue weighted by Gasteiger charge is -2.17. The normalized spacial score (nSPS) is 11.3. The number of pyridine rings is 1. The highest BCUT2D eigenvalue weighted by Crippen LogP contribution is 2.21. The summed E-state index contributed by atoms with van der Waals surface area (Å²) >= 11 is 0. The second-order valence-corrected chi connectivity index (χ2v) is 7.90. The van der Waals surface area contributed by atoms with Crippen LogP contribution in [0, 0.1) is 0 Å². The smallest absolute Gasteiger partial charge is 0.305 e. The summed E-state index contributed by atoms with van der Waals surface area (Å²) in [4.78, 5) is 47.7. The van der Waals surface area contributed by atoms with E-state index in [1.165, 1.54) is 6.20 Å². The summed E-state index contributed by atoms with van der Waals surface area (Å²) < 4.78 is 0. The maximum atomic E-state index is 12.6. The largest absolute Gasteiger partial charge is 0.481 e. The number of aromatic amines is 1. The summed E-state index contributed by atoms with van der Waals surface area (Å²) in [7, 11) is 0. The van der Waals surface area contributed by atoms with Crippen LogP contribution in [0.4, 0.5) is 11.6 Å². The maximum Gasteiger partial charge on any atom is 0.305 e. The molecule has 0 aliphatic carbocycles. The van der Waals surface area contributed by atoms with E-state index in [4.69, 9.17) is 5.11 Å². The molecule has 182 valence electrons. The van der Waals surface area contributed by atoms with Gasteiger partial charge in [0, 0.05) is 23.6 Å². The fourth-order valence-electron chi connectivity index (χ4n) is 3.54. The number of imidazole rings is 1. The van der Waals surface area contributed by atoms with Gasteiger partial charge >= 0.3 is 5.97 Å². The SMILES string of the molecule is O=C(O)CC(NC(=O)CNC(=O)c1cccc(Nc2ncc(-c3ccccc3)[nH]2)c1)c1cccnc1. The van der Waals surface area contributed by atoms with E-state index in [0.717, 1.165) is 11.3 Å². The van der Waals surface area contributed by atoms with Crippen LogP contribution in [-0.4, -0.2) is 44.4 Å². The average Bonchev–Trinajstić information content (AvgIpc) is 3.36. The van der Waals surface area contributed by atoms with E-state index in [1.807, 2.05) is 30.3 Å². The molecule has 0 saturated carbocycles. The van der Waals surface area contributed by atoms with Crippen LogP contribution in [0.25, 0.3) is 11.3 Å². The van der Waals surface area contributed by atoms with E-state index in [1.54, 1.807) is 48.8 Å². The van der Waals surface area contributed by atoms with E-state index in [-0.39, 0.29) is 13.0 Å². The van der Waals surface area contributed by atoms with Crippen LogP contribution in [0.15, 0.2) is 85.3 Å². The third-order valence-electron chi connectivity index (χ3n) is 5.26. The Labute approximate surface area is 206 Å². The second-order valence-electron chi connectivity index (χ2n) is 7.90. The van der Waals surface area contributed by atoms with E-state index in [2.05, 4.69) is 30.9 Å². The number of nitrogens with one attached hydrogen (secondary N) is 4. The first kappa shape index (κ1) is 24.1. The summed E-state index contributed by atoms with van der Waals surface area (Å²) in [5.41, 5.74) is 3.40. The molecule has 36 heavy (non-hydrogen) atoms. The number of carboxylic acid groups (broad SMARTS) is 1. The fraction of sp³-hybridized carbons (Fsp3) is 0.115. The van der Waals surface area contributed by atoms with E-state index < -0.39 is 23.8 Å². The highest BCUT2D eigenvalue weighted by atomic mass is 16.4. The van der Waals surface area contributed by atoms with Crippen molar-refractivity contribution in [2.75, 3.05) is 11.9 Å². The molecule has 0 aliphatic rings. The van der Waals surface area contributed by atoms with Crippen LogP contribution in [0.1, 0.15) is 28.4 Å². The number of carbonyl (C=O) groups excluding carboxylic acids is 2. The topological polar surface area (TPSA) is 149 Å². The number of aromatic nitrogens is 3. The standard InChI is InChI=1S/C26H24N6O4/c33-23(31-21(13-24(34)35)19-9-5-11-27-14-19)16-28-25(36)18-8-4-10-20(12-18)30-26-29-15-22(32-26)17-6-2-1-3-7-17/h1-12,14-15,21H,13,16H2,(H,28,36)(H,31,33)(H,34,35)(H2,29,30,32). The number of rotatable bonds is 10. The van der Waals surface area contributed by atoms with Gasteiger partial charge in [0.05, 0.1) is 30.9 Å². The van der Waals surface area contributed by atoms with Gasteiger partial charge < -0.3 is 26.0 Å². The number of H-pyrrole nitrogens is 1. The Morgan fingerprint density at radius 3 is 2.56 bits per heavy atom. The second kappa shape index (κ2) is 11.4. The molecule has 1 unspecified atom stereocenters. The highest BCUT2D eigenvalue weighted by Gasteiger charge is 2.19. The predicted molar refractivity (Wildman–Crippen MR) is 133 cm³/mol. The van der Waals surface area contributed by atoms with Crippen LogP contribution >= 0.6 is 0 Å². The lowest BCUT2D eigenvalue weighted by molar-refractivity contribution is -0.137. The Morgan fingerprint density at radius 2 is 1.81 bits per heavy atom. The predicted octanol–water partition coefficient (Wildman–Crippen LogP) is 3.28. The third-order valence-corrected chi connectivity index (χ3v) is 5.26. The van der Waals surface area contributed by atoms with Crippen molar-refractivity contribution in [2.45, 2.75) is 12.5 Å². The molecule has 0 radical (unpaired) electrons. The van der Waals surface area contributed by atoms with Crippen LogP contribution < -0.4 is 16.0 Å². The number of carboxylic acids is 1. The molecule has 0 spiro atoms. The monoisotopic (exact) mass is 484 g/mol. The first-order chi connectivity index (χ1) is 17.5. The Hall–Kier alpha value is -4.99. The molecule has 4 rings (SSSR count). The number of nitrogens with zero attached hydrogens (tertiary/aromatic N) is 2. The molecule has 4 aromatic rings. The minimum Gasteiger partial charge on any atom is -0.481 e. The van der Waals surface area contributed by atoms with Gasteiger partial charge in [-0.15, -0.1) is 0 Å². The van der Waals surface area contributed by atoms with Gasteiger partial charge in [-0.05, 0) is 35.4 Å². The zero-order valence-corrected chi connectivity index (χ0v) is 19.1. The van der Waals surface area contributed by atoms with E-state index in [9.17, 15) is 14.4 Å². The third kappa shape index (κ3) is 6.54. The first-order valence-corrected chi connectivity index (χ1v) is 11.1. The Balaban J connectivity index is 1.34. The number of amides is 2. The lowest BCUT2D eigenvalue weighted by atomic mass is 10.1. The van der Waals surface area contributed by atoms with Gasteiger partial charge in [0.15, 0.2) is 0 Å². The molecular formula is C26H24N6O4. The number of hydrogen-bond donors (Lipinski definition) is 5. The average molecular weight is 485 g/mol. The van der Waals surface area contributed by atoms with Gasteiger partial charge in [-0.2, -0.15) is 0 Å². The molecule has 10 nitrogen and oxygen atoms in total. The first-order valence-electron chi connectivity index (χ1n) is 11.1. The Kier molecular flexibility index (Phi) is 7.66. The number of aliphatic carboxylic acids is 1. The molecule has 10 heteroatoms. The van der Waals surface area contributed by atoms with Crippen molar-refractivity contribution in [1.29, 1.82) is 0 Å². The van der Waals surface area contributed by atoms with Crippen molar-refractivity contribution >= 4 is 29.4 Å². The molecule has 0 bridgehead atoms. The highest BCUT2D eigenvalue weighted by molar-refractivity contribution is 5.97. The van der Waals surface area contributed by atoms with Gasteiger partial charge in [0.1, 0.15) is 0 Å². The molecule has 0 aliphatic heterocycles. The van der Waals surface area contributed by atoms with Crippen molar-refractivity contribution in [3.05, 3.63) is 96.4 Å². The van der Waals surface area contributed by atoms with Gasteiger partial charge in [-0.3, -0.25) is 19.4 Å². The zero-order valence-electron chi connectivity index (χ0n) is 19.1. The number of benzene rings is 2. The molecule has 0 saturated heterocycles. The van der Waals surface area contributed by atoms with Gasteiger partial charge in [0.2, 0.25) is 11.9 Å². The van der Waals surface area contributed by atoms with Crippen LogP contribution in [0.3, 0.4) is 0 Å². The summed E-state index contributed by atoms with van der Waals surface area (Å²) in [5.74, 6) is -1.51. The molecule has 1 atom stereocenters. The molecular weight excluding hydrogens is 460 g/mol. The van der Waals surface area contributed by atoms with Gasteiger partial charge in [0.25, 0.3) is 5.91 Å². The van der Waals surface area contributed by atoms with Crippen molar-refractivity contribution in [1.82, 2.24) is 25.6 Å². The molecule has 2 aromatic heterocycles. The quantitative estimate of drug-likeness (QED) is 0.232. The molecule has 2 aromatic carbocycles. The fourth-order valence-corrected chi connectivity index (χ4v) is 3.54. The molecule has 2 heterocycles. The lowest BCUT2D eigenvalue weighted by Crippen LogP contribution is -2.39. The number of hydrogen-bond acceptors (Lipinski definition) is 6. The van der Waals surface area contributed by atoms with E-state index in [0.29, 0.717) is 22.8 Å². The number of anilines is 2. The minimum absolute atomic E-state index is 0.308. The summed E-state index contributed by atoms with van der Waals surface area (Å²) in [6, 6.07) is 19.1. The molecule has 2 amide bonds. The summed E-state index contributed by atoms with van der Waals surface area (Å²) in [6.45, 7) is -0.314. The van der Waals surface area contributed by atoms with Crippen LogP contribution in [-0.2, 0) is 9.59 Å². The van der Waals surface area contributed by atoms with Crippen LogP contribution in [0.5, 0.6) is 0 Å². The van der Waals surface area contributed by atoms with Crippen molar-refractivity contribution in [3.8, 4) is 11.3 Å².